The molecule has 1 amide bonds. The third-order valence-electron chi connectivity index (χ3n) is 5.40. The number of hydrogen-bond acceptors (Lipinski definition) is 6. The van der Waals surface area contributed by atoms with Gasteiger partial charge < -0.3 is 14.8 Å². The lowest BCUT2D eigenvalue weighted by atomic mass is 9.87. The van der Waals surface area contributed by atoms with Crippen LogP contribution in [-0.2, 0) is 19.4 Å². The van der Waals surface area contributed by atoms with Gasteiger partial charge in [0.2, 0.25) is 0 Å². The molecule has 1 N–H and O–H groups in total. The molecule has 0 radical (unpaired) electrons. The van der Waals surface area contributed by atoms with Gasteiger partial charge in [0, 0.05) is 18.0 Å². The topological polar surface area (TPSA) is 98.8 Å². The summed E-state index contributed by atoms with van der Waals surface area (Å²) in [5.41, 5.74) is 0.391. The van der Waals surface area contributed by atoms with Gasteiger partial charge in [-0.25, -0.2) is 8.42 Å². The first-order valence-corrected chi connectivity index (χ1v) is 12.1. The highest BCUT2D eigenvalue weighted by Gasteiger charge is 2.28. The molecule has 0 heterocycles. The SMILES string of the molecule is COC(=O)C[C@@H](C[C@H](CS(=O)(=O)c1ccccc1)NC(=O)c1ccc(OC)cc1)C(C)C. The van der Waals surface area contributed by atoms with Crippen LogP contribution in [0.2, 0.25) is 0 Å². The van der Waals surface area contributed by atoms with Crippen LogP contribution in [0.4, 0.5) is 0 Å². The quantitative estimate of drug-likeness (QED) is 0.514. The standard InChI is InChI=1S/C24H31NO6S/c1-17(2)19(15-23(26)31-4)14-20(16-32(28,29)22-8-6-5-7-9-22)25-24(27)18-10-12-21(30-3)13-11-18/h5-13,17,19-20H,14-16H2,1-4H3,(H,25,27)/t19-,20-/m1/s1. The van der Waals surface area contributed by atoms with Crippen LogP contribution < -0.4 is 10.1 Å². The van der Waals surface area contributed by atoms with Gasteiger partial charge in [-0.15, -0.1) is 0 Å². The van der Waals surface area contributed by atoms with Crippen LogP contribution in [0.5, 0.6) is 5.75 Å². The highest BCUT2D eigenvalue weighted by atomic mass is 32.2. The minimum absolute atomic E-state index is 0.0916. The molecule has 2 rings (SSSR count). The second-order valence-electron chi connectivity index (χ2n) is 8.01. The Morgan fingerprint density at radius 2 is 1.59 bits per heavy atom. The predicted molar refractivity (Wildman–Crippen MR) is 122 cm³/mol. The molecule has 0 aliphatic carbocycles. The number of methoxy groups -OCH3 is 2. The molecule has 8 heteroatoms. The summed E-state index contributed by atoms with van der Waals surface area (Å²) in [7, 11) is -0.798. The molecule has 0 bridgehead atoms. The molecular formula is C24H31NO6S. The molecule has 2 atom stereocenters. The van der Waals surface area contributed by atoms with E-state index in [2.05, 4.69) is 5.32 Å². The number of hydrogen-bond donors (Lipinski definition) is 1. The minimum Gasteiger partial charge on any atom is -0.497 e. The van der Waals surface area contributed by atoms with Gasteiger partial charge in [-0.2, -0.15) is 0 Å². The van der Waals surface area contributed by atoms with Crippen molar-refractivity contribution in [1.29, 1.82) is 0 Å². The van der Waals surface area contributed by atoms with Crippen molar-refractivity contribution in [3.8, 4) is 5.75 Å². The van der Waals surface area contributed by atoms with E-state index in [9.17, 15) is 18.0 Å². The molecule has 0 spiro atoms. The number of rotatable bonds is 11. The maximum Gasteiger partial charge on any atom is 0.305 e. The van der Waals surface area contributed by atoms with E-state index in [-0.39, 0.29) is 40.8 Å². The second-order valence-corrected chi connectivity index (χ2v) is 10.0. The molecular weight excluding hydrogens is 430 g/mol. The molecule has 7 nitrogen and oxygen atoms in total. The number of benzene rings is 2. The Morgan fingerprint density at radius 1 is 0.969 bits per heavy atom. The normalized spacial score (nSPS) is 13.3. The van der Waals surface area contributed by atoms with Crippen LogP contribution in [0, 0.1) is 11.8 Å². The van der Waals surface area contributed by atoms with Crippen molar-refractivity contribution in [2.45, 2.75) is 37.6 Å². The summed E-state index contributed by atoms with van der Waals surface area (Å²) in [6, 6.07) is 14.0. The molecule has 0 aliphatic heterocycles. The number of carbonyl (C=O) groups excluding carboxylic acids is 2. The molecule has 2 aromatic rings. The van der Waals surface area contributed by atoms with E-state index in [1.54, 1.807) is 42.5 Å². The van der Waals surface area contributed by atoms with Gasteiger partial charge in [0.25, 0.3) is 5.91 Å². The Labute approximate surface area is 190 Å². The number of nitrogens with one attached hydrogen (secondary N) is 1. The Kier molecular flexibility index (Phi) is 9.26. The van der Waals surface area contributed by atoms with E-state index in [0.717, 1.165) is 0 Å². The van der Waals surface area contributed by atoms with Crippen LogP contribution >= 0.6 is 0 Å². The fraction of sp³-hybridized carbons (Fsp3) is 0.417. The molecule has 0 unspecified atom stereocenters. The highest BCUT2D eigenvalue weighted by Crippen LogP contribution is 2.24. The van der Waals surface area contributed by atoms with Gasteiger partial charge >= 0.3 is 5.97 Å². The number of sulfone groups is 1. The number of amides is 1. The third-order valence-corrected chi connectivity index (χ3v) is 7.23. The van der Waals surface area contributed by atoms with Crippen molar-refractivity contribution in [2.75, 3.05) is 20.0 Å². The zero-order chi connectivity index (χ0) is 23.7. The van der Waals surface area contributed by atoms with Gasteiger partial charge in [-0.05, 0) is 54.7 Å². The molecule has 0 aromatic heterocycles. The monoisotopic (exact) mass is 461 g/mol. The second kappa shape index (κ2) is 11.7. The largest absolute Gasteiger partial charge is 0.497 e. The molecule has 0 aliphatic rings. The van der Waals surface area contributed by atoms with Gasteiger partial charge in [-0.3, -0.25) is 9.59 Å². The number of ether oxygens (including phenoxy) is 2. The lowest BCUT2D eigenvalue weighted by Gasteiger charge is -2.26. The van der Waals surface area contributed by atoms with Crippen LogP contribution in [-0.4, -0.2) is 46.3 Å². The molecule has 0 saturated heterocycles. The van der Waals surface area contributed by atoms with E-state index >= 15 is 0 Å². The fourth-order valence-electron chi connectivity index (χ4n) is 3.42. The van der Waals surface area contributed by atoms with Crippen molar-refractivity contribution in [2.24, 2.45) is 11.8 Å². The third kappa shape index (κ3) is 7.37. The summed E-state index contributed by atoms with van der Waals surface area (Å²) >= 11 is 0. The summed E-state index contributed by atoms with van der Waals surface area (Å²) in [5, 5.41) is 2.86. The van der Waals surface area contributed by atoms with Crippen molar-refractivity contribution >= 4 is 21.7 Å². The number of esters is 1. The Morgan fingerprint density at radius 3 is 2.12 bits per heavy atom. The van der Waals surface area contributed by atoms with Gasteiger partial charge in [0.05, 0.1) is 24.9 Å². The molecule has 0 fully saturated rings. The summed E-state index contributed by atoms with van der Waals surface area (Å²) in [5.74, 6) is -0.480. The van der Waals surface area contributed by atoms with E-state index in [4.69, 9.17) is 9.47 Å². The molecule has 2 aromatic carbocycles. The van der Waals surface area contributed by atoms with Crippen LogP contribution in [0.3, 0.4) is 0 Å². The van der Waals surface area contributed by atoms with Crippen molar-refractivity contribution in [3.63, 3.8) is 0 Å². The lowest BCUT2D eigenvalue weighted by molar-refractivity contribution is -0.142. The van der Waals surface area contributed by atoms with Crippen molar-refractivity contribution in [3.05, 3.63) is 60.2 Å². The molecule has 174 valence electrons. The maximum absolute atomic E-state index is 13.0. The van der Waals surface area contributed by atoms with Gasteiger partial charge in [-0.1, -0.05) is 32.0 Å². The van der Waals surface area contributed by atoms with Crippen LogP contribution in [0.1, 0.15) is 37.0 Å². The summed E-state index contributed by atoms with van der Waals surface area (Å²) in [6.45, 7) is 3.92. The average molecular weight is 462 g/mol. The first-order valence-electron chi connectivity index (χ1n) is 10.5. The van der Waals surface area contributed by atoms with Crippen LogP contribution in [0.25, 0.3) is 0 Å². The highest BCUT2D eigenvalue weighted by molar-refractivity contribution is 7.91. The van der Waals surface area contributed by atoms with Crippen LogP contribution in [0.15, 0.2) is 59.5 Å². The molecule has 0 saturated carbocycles. The van der Waals surface area contributed by atoms with Crippen molar-refractivity contribution < 1.29 is 27.5 Å². The maximum atomic E-state index is 13.0. The first kappa shape index (κ1) is 25.4. The van der Waals surface area contributed by atoms with Gasteiger partial charge in [0.1, 0.15) is 5.75 Å². The predicted octanol–water partition coefficient (Wildman–Crippen LogP) is 3.49. The Balaban J connectivity index is 2.27. The summed E-state index contributed by atoms with van der Waals surface area (Å²) in [6.07, 6.45) is 0.467. The fourth-order valence-corrected chi connectivity index (χ4v) is 4.94. The van der Waals surface area contributed by atoms with E-state index in [1.807, 2.05) is 13.8 Å². The number of carbonyl (C=O) groups is 2. The molecule has 32 heavy (non-hydrogen) atoms. The minimum atomic E-state index is -3.65. The van der Waals surface area contributed by atoms with Gasteiger partial charge in [0.15, 0.2) is 9.84 Å². The smallest absolute Gasteiger partial charge is 0.305 e. The average Bonchev–Trinajstić information content (AvgIpc) is 2.78. The first-order chi connectivity index (χ1) is 15.2. The summed E-state index contributed by atoms with van der Waals surface area (Å²) in [4.78, 5) is 24.9. The Bertz CT molecular complexity index is 987. The Hall–Kier alpha value is -2.87. The van der Waals surface area contributed by atoms with Crippen molar-refractivity contribution in [1.82, 2.24) is 5.32 Å². The van der Waals surface area contributed by atoms with E-state index in [0.29, 0.717) is 17.7 Å². The lowest BCUT2D eigenvalue weighted by Crippen LogP contribution is -2.42. The zero-order valence-electron chi connectivity index (χ0n) is 18.9. The zero-order valence-corrected chi connectivity index (χ0v) is 19.7. The van der Waals surface area contributed by atoms with E-state index < -0.39 is 15.9 Å². The van der Waals surface area contributed by atoms with E-state index in [1.165, 1.54) is 26.4 Å². The summed E-state index contributed by atoms with van der Waals surface area (Å²) < 4.78 is 35.9.